The zero-order valence-corrected chi connectivity index (χ0v) is 14.7. The van der Waals surface area contributed by atoms with E-state index in [1.54, 1.807) is 12.1 Å². The van der Waals surface area contributed by atoms with Crippen LogP contribution in [0, 0.1) is 0 Å². The van der Waals surface area contributed by atoms with Crippen molar-refractivity contribution in [2.24, 2.45) is 0 Å². The number of amides is 2. The van der Waals surface area contributed by atoms with Gasteiger partial charge in [-0.1, -0.05) is 18.2 Å². The summed E-state index contributed by atoms with van der Waals surface area (Å²) in [6.45, 7) is 0.254. The molecule has 0 atom stereocenters. The zero-order chi connectivity index (χ0) is 19.6. The highest BCUT2D eigenvalue weighted by Crippen LogP contribution is 2.32. The minimum absolute atomic E-state index is 0.183. The van der Waals surface area contributed by atoms with Gasteiger partial charge in [0.25, 0.3) is 0 Å². The fraction of sp³-hybridized carbons (Fsp3) is 0.300. The number of methoxy groups -OCH3 is 1. The molecule has 0 unspecified atom stereocenters. The van der Waals surface area contributed by atoms with Gasteiger partial charge in [-0.05, 0) is 47.4 Å². The molecule has 0 spiro atoms. The third-order valence-corrected chi connectivity index (χ3v) is 4.59. The number of alkyl halides is 3. The molecule has 3 rings (SSSR count). The van der Waals surface area contributed by atoms with E-state index in [0.717, 1.165) is 23.3 Å². The number of hydrogen-bond acceptors (Lipinski definition) is 3. The molecule has 27 heavy (non-hydrogen) atoms. The number of carbonyl (C=O) groups is 2. The van der Waals surface area contributed by atoms with Crippen molar-refractivity contribution in [1.82, 2.24) is 4.90 Å². The second-order valence-electron chi connectivity index (χ2n) is 6.29. The standard InChI is InChI=1S/C20H18F3NO3/c1-27-17-7-4-14(13-2-5-16(6-3-13)20(21,22)23)12-15(17)10-11-24-18(25)8-9-19(24)26/h2-7,12H,8-11H2,1H3. The second-order valence-corrected chi connectivity index (χ2v) is 6.29. The molecule has 0 aliphatic carbocycles. The zero-order valence-electron chi connectivity index (χ0n) is 14.7. The molecule has 0 saturated carbocycles. The molecule has 4 nitrogen and oxygen atoms in total. The van der Waals surface area contributed by atoms with Crippen molar-refractivity contribution in [3.05, 3.63) is 53.6 Å². The maximum absolute atomic E-state index is 12.7. The van der Waals surface area contributed by atoms with Crippen molar-refractivity contribution in [3.63, 3.8) is 0 Å². The Hall–Kier alpha value is -2.83. The number of carbonyl (C=O) groups excluding carboxylic acids is 2. The van der Waals surface area contributed by atoms with Gasteiger partial charge in [0.05, 0.1) is 12.7 Å². The van der Waals surface area contributed by atoms with Crippen LogP contribution < -0.4 is 4.74 Å². The molecule has 0 aromatic heterocycles. The Labute approximate surface area is 154 Å². The van der Waals surface area contributed by atoms with E-state index >= 15 is 0 Å². The van der Waals surface area contributed by atoms with Crippen LogP contribution in [0.5, 0.6) is 5.75 Å². The van der Waals surface area contributed by atoms with Crippen LogP contribution in [0.2, 0.25) is 0 Å². The summed E-state index contributed by atoms with van der Waals surface area (Å²) in [4.78, 5) is 24.7. The van der Waals surface area contributed by atoms with Crippen LogP contribution in [0.25, 0.3) is 11.1 Å². The summed E-state index contributed by atoms with van der Waals surface area (Å²) in [6.07, 6.45) is -3.49. The lowest BCUT2D eigenvalue weighted by molar-refractivity contribution is -0.139. The number of imide groups is 1. The Morgan fingerprint density at radius 2 is 1.56 bits per heavy atom. The number of benzene rings is 2. The molecule has 1 saturated heterocycles. The summed E-state index contributed by atoms with van der Waals surface area (Å²) in [6, 6.07) is 10.2. The lowest BCUT2D eigenvalue weighted by atomic mass is 9.99. The average Bonchev–Trinajstić information content (AvgIpc) is 2.97. The highest BCUT2D eigenvalue weighted by atomic mass is 19.4. The van der Waals surface area contributed by atoms with Crippen molar-refractivity contribution in [2.45, 2.75) is 25.4 Å². The molecule has 0 radical (unpaired) electrons. The van der Waals surface area contributed by atoms with Crippen LogP contribution in [-0.4, -0.2) is 30.4 Å². The van der Waals surface area contributed by atoms with Crippen LogP contribution in [0.4, 0.5) is 13.2 Å². The number of halogens is 3. The summed E-state index contributed by atoms with van der Waals surface area (Å²) >= 11 is 0. The van der Waals surface area contributed by atoms with Crippen molar-refractivity contribution < 1.29 is 27.5 Å². The molecule has 1 fully saturated rings. The third kappa shape index (κ3) is 4.13. The molecular weight excluding hydrogens is 359 g/mol. The molecule has 1 aliphatic rings. The average molecular weight is 377 g/mol. The topological polar surface area (TPSA) is 46.6 Å². The molecule has 2 aromatic carbocycles. The van der Waals surface area contributed by atoms with Gasteiger partial charge in [0.1, 0.15) is 5.75 Å². The quantitative estimate of drug-likeness (QED) is 0.738. The van der Waals surface area contributed by atoms with E-state index < -0.39 is 11.7 Å². The lowest BCUT2D eigenvalue weighted by Crippen LogP contribution is -2.31. The van der Waals surface area contributed by atoms with Crippen LogP contribution in [0.15, 0.2) is 42.5 Å². The summed E-state index contributed by atoms with van der Waals surface area (Å²) in [5.74, 6) is 0.237. The number of ether oxygens (including phenoxy) is 1. The van der Waals surface area contributed by atoms with E-state index in [4.69, 9.17) is 4.74 Å². The Kier molecular flexibility index (Phi) is 5.21. The molecule has 7 heteroatoms. The lowest BCUT2D eigenvalue weighted by Gasteiger charge is -2.16. The highest BCUT2D eigenvalue weighted by molar-refractivity contribution is 6.01. The smallest absolute Gasteiger partial charge is 0.416 e. The maximum atomic E-state index is 12.7. The van der Waals surface area contributed by atoms with E-state index in [0.29, 0.717) is 17.7 Å². The van der Waals surface area contributed by atoms with E-state index in [1.807, 2.05) is 6.07 Å². The first kappa shape index (κ1) is 18.9. The SMILES string of the molecule is COc1ccc(-c2ccc(C(F)(F)F)cc2)cc1CCN1C(=O)CCC1=O. The minimum atomic E-state index is -4.38. The largest absolute Gasteiger partial charge is 0.496 e. The maximum Gasteiger partial charge on any atom is 0.416 e. The molecule has 0 N–H and O–H groups in total. The van der Waals surface area contributed by atoms with Gasteiger partial charge in [-0.25, -0.2) is 0 Å². The van der Waals surface area contributed by atoms with Gasteiger partial charge in [0, 0.05) is 19.4 Å². The Balaban J connectivity index is 1.83. The minimum Gasteiger partial charge on any atom is -0.496 e. The van der Waals surface area contributed by atoms with Crippen molar-refractivity contribution in [3.8, 4) is 16.9 Å². The van der Waals surface area contributed by atoms with Crippen LogP contribution in [0.1, 0.15) is 24.0 Å². The normalized spacial score (nSPS) is 14.7. The van der Waals surface area contributed by atoms with E-state index in [2.05, 4.69) is 0 Å². The van der Waals surface area contributed by atoms with Gasteiger partial charge in [-0.15, -0.1) is 0 Å². The van der Waals surface area contributed by atoms with Gasteiger partial charge in [0.15, 0.2) is 0 Å². The van der Waals surface area contributed by atoms with Gasteiger partial charge >= 0.3 is 6.18 Å². The summed E-state index contributed by atoms with van der Waals surface area (Å²) in [5.41, 5.74) is 1.45. The molecule has 1 aliphatic heterocycles. The van der Waals surface area contributed by atoms with E-state index in [-0.39, 0.29) is 31.2 Å². The Morgan fingerprint density at radius 3 is 2.11 bits per heavy atom. The Bertz CT molecular complexity index is 844. The van der Waals surface area contributed by atoms with Gasteiger partial charge in [-0.2, -0.15) is 13.2 Å². The first-order chi connectivity index (χ1) is 12.8. The molecule has 2 amide bonds. The summed E-state index contributed by atoms with van der Waals surface area (Å²) < 4.78 is 43.5. The van der Waals surface area contributed by atoms with Crippen molar-refractivity contribution >= 4 is 11.8 Å². The molecule has 2 aromatic rings. The van der Waals surface area contributed by atoms with E-state index in [1.165, 1.54) is 24.1 Å². The molecule has 0 bridgehead atoms. The van der Waals surface area contributed by atoms with Gasteiger partial charge in [0.2, 0.25) is 11.8 Å². The monoisotopic (exact) mass is 377 g/mol. The summed E-state index contributed by atoms with van der Waals surface area (Å²) in [7, 11) is 1.52. The second kappa shape index (κ2) is 7.42. The number of likely N-dealkylation sites (tertiary alicyclic amines) is 1. The first-order valence-corrected chi connectivity index (χ1v) is 8.47. The van der Waals surface area contributed by atoms with Crippen LogP contribution in [-0.2, 0) is 22.2 Å². The molecule has 142 valence electrons. The fourth-order valence-corrected chi connectivity index (χ4v) is 3.11. The van der Waals surface area contributed by atoms with Crippen LogP contribution >= 0.6 is 0 Å². The van der Waals surface area contributed by atoms with Gasteiger partial charge < -0.3 is 4.74 Å². The predicted octanol–water partition coefficient (Wildman–Crippen LogP) is 4.07. The number of rotatable bonds is 5. The number of hydrogen-bond donors (Lipinski definition) is 0. The third-order valence-electron chi connectivity index (χ3n) is 4.59. The molecular formula is C20H18F3NO3. The fourth-order valence-electron chi connectivity index (χ4n) is 3.11. The van der Waals surface area contributed by atoms with Gasteiger partial charge in [-0.3, -0.25) is 14.5 Å². The van der Waals surface area contributed by atoms with Crippen molar-refractivity contribution in [1.29, 1.82) is 0 Å². The number of nitrogens with zero attached hydrogens (tertiary/aromatic N) is 1. The summed E-state index contributed by atoms with van der Waals surface area (Å²) in [5, 5.41) is 0. The predicted molar refractivity (Wildman–Crippen MR) is 93.1 cm³/mol. The van der Waals surface area contributed by atoms with E-state index in [9.17, 15) is 22.8 Å². The Morgan fingerprint density at radius 1 is 0.963 bits per heavy atom. The first-order valence-electron chi connectivity index (χ1n) is 8.47. The highest BCUT2D eigenvalue weighted by Gasteiger charge is 2.30. The van der Waals surface area contributed by atoms with Crippen LogP contribution in [0.3, 0.4) is 0 Å². The molecule has 1 heterocycles. The van der Waals surface area contributed by atoms with Crippen molar-refractivity contribution in [2.75, 3.05) is 13.7 Å².